The summed E-state index contributed by atoms with van der Waals surface area (Å²) in [7, 11) is -2.74. The summed E-state index contributed by atoms with van der Waals surface area (Å²) in [5, 5.41) is 8.25. The Bertz CT molecular complexity index is 3480. The number of nitrogens with zero attached hydrogens (tertiary/aromatic N) is 1. The van der Waals surface area contributed by atoms with Gasteiger partial charge in [0, 0.05) is 26.3 Å². The van der Waals surface area contributed by atoms with Gasteiger partial charge in [0.15, 0.2) is 8.07 Å². The lowest BCUT2D eigenvalue weighted by Crippen LogP contribution is -2.70. The van der Waals surface area contributed by atoms with Crippen molar-refractivity contribution in [1.82, 2.24) is 0 Å². The number of hydrogen-bond donors (Lipinski definition) is 0. The minimum atomic E-state index is -2.74. The van der Waals surface area contributed by atoms with E-state index in [9.17, 15) is 0 Å². The standard InChI is InChI=1S/C57H37NOSSi/c1-34-23-26-39-40-27-24-35(2)30-55(40)61(54(39)29-34)53-22-12-4-14-38(53)41-28-25-36(31-56(41)61)58-47-18-8-5-15-43(47)57(44-16-6-10-20-51(44)60-52-21-11-7-17-45(52)57)46-33-50-42(32-48(46)58)37-13-3-9-19-49(37)59-50/h3-33H,1-2H3. The van der Waals surface area contributed by atoms with Gasteiger partial charge in [0.25, 0.3) is 0 Å². The minimum Gasteiger partial charge on any atom is -0.456 e. The van der Waals surface area contributed by atoms with Gasteiger partial charge < -0.3 is 9.32 Å². The first kappa shape index (κ1) is 33.9. The molecule has 0 saturated carbocycles. The van der Waals surface area contributed by atoms with E-state index >= 15 is 0 Å². The smallest absolute Gasteiger partial charge is 0.182 e. The number of anilines is 3. The molecule has 0 radical (unpaired) electrons. The third kappa shape index (κ3) is 4.14. The molecule has 2 spiro atoms. The first-order valence-corrected chi connectivity index (χ1v) is 24.1. The molecule has 1 aromatic heterocycles. The highest BCUT2D eigenvalue weighted by Gasteiger charge is 2.55. The number of furan rings is 1. The minimum absolute atomic E-state index is 0.588. The lowest BCUT2D eigenvalue weighted by atomic mass is 9.62. The Morgan fingerprint density at radius 3 is 1.74 bits per heavy atom. The topological polar surface area (TPSA) is 16.4 Å². The van der Waals surface area contributed by atoms with Crippen LogP contribution in [-0.4, -0.2) is 8.07 Å². The van der Waals surface area contributed by atoms with Crippen LogP contribution in [0.4, 0.5) is 17.1 Å². The Kier molecular flexibility index (Phi) is 6.62. The van der Waals surface area contributed by atoms with Crippen molar-refractivity contribution in [3.05, 3.63) is 221 Å². The van der Waals surface area contributed by atoms with E-state index in [2.05, 4.69) is 207 Å². The predicted molar refractivity (Wildman–Crippen MR) is 255 cm³/mol. The zero-order chi connectivity index (χ0) is 40.2. The van der Waals surface area contributed by atoms with Gasteiger partial charge in [-0.1, -0.05) is 162 Å². The molecule has 61 heavy (non-hydrogen) atoms. The molecular weight excluding hydrogens is 775 g/mol. The molecule has 4 heteroatoms. The first-order valence-electron chi connectivity index (χ1n) is 21.2. The molecule has 4 aliphatic rings. The second-order valence-electron chi connectivity index (χ2n) is 17.3. The third-order valence-corrected chi connectivity index (χ3v) is 20.3. The van der Waals surface area contributed by atoms with Crippen LogP contribution in [0.15, 0.2) is 202 Å². The van der Waals surface area contributed by atoms with Gasteiger partial charge in [-0.2, -0.15) is 0 Å². The van der Waals surface area contributed by atoms with Crippen molar-refractivity contribution in [3.8, 4) is 22.3 Å². The largest absolute Gasteiger partial charge is 0.456 e. The Labute approximate surface area is 359 Å². The number of fused-ring (bicyclic) bond motifs is 21. The van der Waals surface area contributed by atoms with Crippen molar-refractivity contribution in [2.24, 2.45) is 0 Å². The predicted octanol–water partition coefficient (Wildman–Crippen LogP) is 12.2. The zero-order valence-electron chi connectivity index (χ0n) is 33.7. The van der Waals surface area contributed by atoms with E-state index in [-0.39, 0.29) is 0 Å². The fourth-order valence-corrected chi connectivity index (χ4v) is 18.9. The number of para-hydroxylation sites is 2. The Hall–Kier alpha value is -6.85. The van der Waals surface area contributed by atoms with Gasteiger partial charge in [0.2, 0.25) is 0 Å². The van der Waals surface area contributed by atoms with Gasteiger partial charge >= 0.3 is 0 Å². The summed E-state index contributed by atoms with van der Waals surface area (Å²) in [6, 6.07) is 71.7. The van der Waals surface area contributed by atoms with Gasteiger partial charge in [0.1, 0.15) is 11.2 Å². The molecule has 0 unspecified atom stereocenters. The van der Waals surface area contributed by atoms with Crippen LogP contribution in [-0.2, 0) is 5.41 Å². The van der Waals surface area contributed by atoms with Crippen LogP contribution >= 0.6 is 11.8 Å². The highest BCUT2D eigenvalue weighted by molar-refractivity contribution is 7.99. The summed E-state index contributed by atoms with van der Waals surface area (Å²) in [6.45, 7) is 4.51. The first-order chi connectivity index (χ1) is 30.0. The van der Waals surface area contributed by atoms with E-state index in [1.165, 1.54) is 103 Å². The second kappa shape index (κ2) is 11.9. The molecule has 2 nitrogen and oxygen atoms in total. The van der Waals surface area contributed by atoms with Gasteiger partial charge in [0.05, 0.1) is 16.8 Å². The maximum absolute atomic E-state index is 6.78. The highest BCUT2D eigenvalue weighted by Crippen LogP contribution is 2.63. The summed E-state index contributed by atoms with van der Waals surface area (Å²) in [5.74, 6) is 0. The van der Waals surface area contributed by atoms with Gasteiger partial charge in [-0.05, 0) is 128 Å². The molecule has 0 fully saturated rings. The monoisotopic (exact) mass is 811 g/mol. The van der Waals surface area contributed by atoms with Gasteiger partial charge in [-0.15, -0.1) is 0 Å². The van der Waals surface area contributed by atoms with Crippen LogP contribution in [0, 0.1) is 13.8 Å². The van der Waals surface area contributed by atoms with E-state index in [4.69, 9.17) is 4.42 Å². The van der Waals surface area contributed by atoms with E-state index in [0.29, 0.717) is 0 Å². The molecule has 0 aliphatic carbocycles. The van der Waals surface area contributed by atoms with E-state index in [1.807, 2.05) is 11.8 Å². The molecule has 286 valence electrons. The van der Waals surface area contributed by atoms with Crippen LogP contribution in [0.25, 0.3) is 44.2 Å². The van der Waals surface area contributed by atoms with Crippen molar-refractivity contribution in [1.29, 1.82) is 0 Å². The molecule has 0 N–H and O–H groups in total. The molecule has 4 aliphatic heterocycles. The fraction of sp³-hybridized carbons (Fsp3) is 0.0526. The Balaban J connectivity index is 1.12. The molecule has 0 amide bonds. The molecule has 5 heterocycles. The number of aryl methyl sites for hydroxylation is 2. The average molecular weight is 812 g/mol. The van der Waals surface area contributed by atoms with Crippen molar-refractivity contribution in [2.75, 3.05) is 4.90 Å². The number of benzene rings is 9. The maximum Gasteiger partial charge on any atom is 0.182 e. The summed E-state index contributed by atoms with van der Waals surface area (Å²) in [4.78, 5) is 5.15. The average Bonchev–Trinajstić information content (AvgIpc) is 3.91. The van der Waals surface area contributed by atoms with Crippen molar-refractivity contribution < 1.29 is 4.42 Å². The molecule has 0 bridgehead atoms. The Morgan fingerprint density at radius 2 is 1.00 bits per heavy atom. The van der Waals surface area contributed by atoms with Crippen LogP contribution in [0.1, 0.15) is 33.4 Å². The summed E-state index contributed by atoms with van der Waals surface area (Å²) in [5.41, 5.74) is 18.0. The van der Waals surface area contributed by atoms with Gasteiger partial charge in [-0.25, -0.2) is 0 Å². The molecule has 9 aromatic carbocycles. The summed E-state index contributed by atoms with van der Waals surface area (Å²) >= 11 is 1.88. The normalized spacial score (nSPS) is 15.2. The van der Waals surface area contributed by atoms with E-state index < -0.39 is 13.5 Å². The molecule has 0 atom stereocenters. The number of hydrogen-bond acceptors (Lipinski definition) is 3. The summed E-state index contributed by atoms with van der Waals surface area (Å²) < 4.78 is 6.78. The van der Waals surface area contributed by atoms with Gasteiger partial charge in [-0.3, -0.25) is 0 Å². The molecular formula is C57H37NOSSi. The van der Waals surface area contributed by atoms with Crippen LogP contribution in [0.3, 0.4) is 0 Å². The van der Waals surface area contributed by atoms with E-state index in [0.717, 1.165) is 21.9 Å². The lowest BCUT2D eigenvalue weighted by molar-refractivity contribution is 0.659. The fourth-order valence-electron chi connectivity index (χ4n) is 11.9. The SMILES string of the molecule is Cc1ccc2c(c1)[Si]1(c3ccccc3-c3ccc(N4c5ccccc5C5(c6ccccc6Sc6ccccc65)c5cc6oc7ccccc7c6cc54)cc31)c1cc(C)ccc1-2. The maximum atomic E-state index is 6.78. The second-order valence-corrected chi connectivity index (χ2v) is 22.0. The lowest BCUT2D eigenvalue weighted by Gasteiger charge is -2.49. The quantitative estimate of drug-likeness (QED) is 0.154. The van der Waals surface area contributed by atoms with Crippen molar-refractivity contribution >= 4 is 79.6 Å². The molecule has 0 saturated heterocycles. The van der Waals surface area contributed by atoms with Crippen molar-refractivity contribution in [2.45, 2.75) is 29.1 Å². The zero-order valence-corrected chi connectivity index (χ0v) is 35.5. The van der Waals surface area contributed by atoms with Crippen molar-refractivity contribution in [3.63, 3.8) is 0 Å². The van der Waals surface area contributed by atoms with E-state index in [1.54, 1.807) is 0 Å². The molecule has 14 rings (SSSR count). The number of rotatable bonds is 1. The van der Waals surface area contributed by atoms with Crippen LogP contribution in [0.2, 0.25) is 0 Å². The van der Waals surface area contributed by atoms with Crippen LogP contribution < -0.4 is 25.6 Å². The van der Waals surface area contributed by atoms with Crippen LogP contribution in [0.5, 0.6) is 0 Å². The Morgan fingerprint density at radius 1 is 0.426 bits per heavy atom. The summed E-state index contributed by atoms with van der Waals surface area (Å²) in [6.07, 6.45) is 0. The highest BCUT2D eigenvalue weighted by atomic mass is 32.2. The molecule has 10 aromatic rings. The third-order valence-electron chi connectivity index (χ3n) is 14.2.